The van der Waals surface area contributed by atoms with Gasteiger partial charge in [0.15, 0.2) is 0 Å². The fraction of sp³-hybridized carbons (Fsp3) is 0.727. The predicted molar refractivity (Wildman–Crippen MR) is 57.2 cm³/mol. The maximum absolute atomic E-state index is 12.4. The first kappa shape index (κ1) is 12.4. The molecule has 1 fully saturated rings. The molecule has 96 valence electrons. The number of hydrogen-bond acceptors (Lipinski definition) is 2. The highest BCUT2D eigenvalue weighted by Crippen LogP contribution is 2.37. The summed E-state index contributed by atoms with van der Waals surface area (Å²) in [5.41, 5.74) is 0. The van der Waals surface area contributed by atoms with Crippen molar-refractivity contribution in [1.82, 2.24) is 15.3 Å². The zero-order valence-electron chi connectivity index (χ0n) is 9.43. The number of alkyl halides is 3. The van der Waals surface area contributed by atoms with Crippen LogP contribution in [0.15, 0.2) is 12.4 Å². The fourth-order valence-corrected chi connectivity index (χ4v) is 2.26. The van der Waals surface area contributed by atoms with E-state index < -0.39 is 12.1 Å². The second kappa shape index (κ2) is 5.08. The molecule has 1 aliphatic rings. The second-order valence-electron chi connectivity index (χ2n) is 4.51. The highest BCUT2D eigenvalue weighted by atomic mass is 19.4. The Morgan fingerprint density at radius 2 is 2.00 bits per heavy atom. The van der Waals surface area contributed by atoms with E-state index in [9.17, 15) is 13.2 Å². The third-order valence-electron chi connectivity index (χ3n) is 3.30. The van der Waals surface area contributed by atoms with Crippen LogP contribution in [-0.4, -0.2) is 22.2 Å². The van der Waals surface area contributed by atoms with Crippen LogP contribution in [0.4, 0.5) is 13.2 Å². The molecule has 1 heterocycles. The number of nitrogens with zero attached hydrogens (tertiary/aromatic N) is 1. The van der Waals surface area contributed by atoms with Gasteiger partial charge in [0.05, 0.1) is 12.5 Å². The Labute approximate surface area is 97.8 Å². The normalized spacial score (nSPS) is 26.1. The lowest BCUT2D eigenvalue weighted by molar-refractivity contribution is -0.182. The molecule has 6 heteroatoms. The summed E-state index contributed by atoms with van der Waals surface area (Å²) in [6.07, 6.45) is 1.02. The molecule has 2 N–H and O–H groups in total. The Kier molecular flexibility index (Phi) is 3.71. The zero-order chi connectivity index (χ0) is 12.3. The monoisotopic (exact) mass is 247 g/mol. The summed E-state index contributed by atoms with van der Waals surface area (Å²) < 4.78 is 37.3. The average molecular weight is 247 g/mol. The first-order valence-electron chi connectivity index (χ1n) is 5.84. The molecule has 0 radical (unpaired) electrons. The summed E-state index contributed by atoms with van der Waals surface area (Å²) in [5.74, 6) is -0.285. The molecule has 1 aromatic heterocycles. The molecule has 0 aliphatic heterocycles. The van der Waals surface area contributed by atoms with Gasteiger partial charge in [0.2, 0.25) is 0 Å². The van der Waals surface area contributed by atoms with Crippen LogP contribution in [0.5, 0.6) is 0 Å². The van der Waals surface area contributed by atoms with E-state index in [1.54, 1.807) is 12.4 Å². The summed E-state index contributed by atoms with van der Waals surface area (Å²) in [6.45, 7) is 0.592. The fourth-order valence-electron chi connectivity index (χ4n) is 2.26. The smallest absolute Gasteiger partial charge is 0.348 e. The van der Waals surface area contributed by atoms with E-state index in [-0.39, 0.29) is 18.9 Å². The number of imidazole rings is 1. The minimum Gasteiger partial charge on any atom is -0.348 e. The standard InChI is InChI=1S/C11H16F3N3/c12-11(13,14)8-1-3-9(4-2-8)17-7-10-15-5-6-16-10/h5-6,8-9,17H,1-4,7H2,(H,15,16). The van der Waals surface area contributed by atoms with Crippen molar-refractivity contribution >= 4 is 0 Å². The average Bonchev–Trinajstić information content (AvgIpc) is 2.78. The van der Waals surface area contributed by atoms with Crippen LogP contribution in [0, 0.1) is 5.92 Å². The first-order chi connectivity index (χ1) is 8.05. The van der Waals surface area contributed by atoms with Crippen molar-refractivity contribution in [2.24, 2.45) is 5.92 Å². The zero-order valence-corrected chi connectivity index (χ0v) is 9.43. The van der Waals surface area contributed by atoms with Crippen LogP contribution >= 0.6 is 0 Å². The summed E-state index contributed by atoms with van der Waals surface area (Å²) in [5, 5.41) is 3.23. The van der Waals surface area contributed by atoms with Gasteiger partial charge in [-0.05, 0) is 25.7 Å². The molecule has 0 aromatic carbocycles. The number of nitrogens with one attached hydrogen (secondary N) is 2. The molecule has 0 amide bonds. The molecule has 0 atom stereocenters. The van der Waals surface area contributed by atoms with Crippen molar-refractivity contribution in [2.45, 2.75) is 44.4 Å². The number of hydrogen-bond donors (Lipinski definition) is 2. The minimum absolute atomic E-state index is 0.179. The molecule has 1 saturated carbocycles. The molecule has 17 heavy (non-hydrogen) atoms. The van der Waals surface area contributed by atoms with E-state index >= 15 is 0 Å². The third-order valence-corrected chi connectivity index (χ3v) is 3.30. The van der Waals surface area contributed by atoms with Crippen LogP contribution in [0.1, 0.15) is 31.5 Å². The van der Waals surface area contributed by atoms with Crippen molar-refractivity contribution < 1.29 is 13.2 Å². The molecule has 1 aromatic rings. The van der Waals surface area contributed by atoms with Gasteiger partial charge in [-0.1, -0.05) is 0 Å². The van der Waals surface area contributed by atoms with Crippen LogP contribution in [0.3, 0.4) is 0 Å². The molecule has 0 saturated heterocycles. The van der Waals surface area contributed by atoms with Gasteiger partial charge in [-0.25, -0.2) is 4.98 Å². The van der Waals surface area contributed by atoms with Crippen molar-refractivity contribution in [3.05, 3.63) is 18.2 Å². The molecule has 3 nitrogen and oxygen atoms in total. The largest absolute Gasteiger partial charge is 0.391 e. The molecule has 2 rings (SSSR count). The number of H-pyrrole nitrogens is 1. The second-order valence-corrected chi connectivity index (χ2v) is 4.51. The van der Waals surface area contributed by atoms with E-state index in [2.05, 4.69) is 15.3 Å². The topological polar surface area (TPSA) is 40.7 Å². The Hall–Kier alpha value is -1.04. The summed E-state index contributed by atoms with van der Waals surface area (Å²) >= 11 is 0. The maximum atomic E-state index is 12.4. The van der Waals surface area contributed by atoms with Gasteiger partial charge in [0, 0.05) is 18.4 Å². The SMILES string of the molecule is FC(F)(F)C1CCC(NCc2ncc[nH]2)CC1. The number of rotatable bonds is 3. The highest BCUT2D eigenvalue weighted by Gasteiger charge is 2.41. The van der Waals surface area contributed by atoms with Gasteiger partial charge in [-0.2, -0.15) is 13.2 Å². The minimum atomic E-state index is -4.02. The summed E-state index contributed by atoms with van der Waals surface area (Å²) in [6, 6.07) is 0.179. The van der Waals surface area contributed by atoms with E-state index in [1.807, 2.05) is 0 Å². The van der Waals surface area contributed by atoms with E-state index in [4.69, 9.17) is 0 Å². The molecular weight excluding hydrogens is 231 g/mol. The van der Waals surface area contributed by atoms with Crippen LogP contribution < -0.4 is 5.32 Å². The van der Waals surface area contributed by atoms with Crippen molar-refractivity contribution in [1.29, 1.82) is 0 Å². The number of aromatic nitrogens is 2. The van der Waals surface area contributed by atoms with E-state index in [0.29, 0.717) is 19.4 Å². The van der Waals surface area contributed by atoms with Gasteiger partial charge in [0.1, 0.15) is 5.82 Å². The lowest BCUT2D eigenvalue weighted by Gasteiger charge is -2.30. The van der Waals surface area contributed by atoms with E-state index in [0.717, 1.165) is 5.82 Å². The Balaban J connectivity index is 1.72. The molecule has 0 bridgehead atoms. The predicted octanol–water partition coefficient (Wildman–Crippen LogP) is 2.62. The number of halogens is 3. The van der Waals surface area contributed by atoms with Crippen molar-refractivity contribution in [3.8, 4) is 0 Å². The van der Waals surface area contributed by atoms with Gasteiger partial charge in [-0.15, -0.1) is 0 Å². The quantitative estimate of drug-likeness (QED) is 0.862. The van der Waals surface area contributed by atoms with Gasteiger partial charge in [-0.3, -0.25) is 0 Å². The van der Waals surface area contributed by atoms with Crippen LogP contribution in [0.25, 0.3) is 0 Å². The van der Waals surface area contributed by atoms with Gasteiger partial charge >= 0.3 is 6.18 Å². The first-order valence-corrected chi connectivity index (χ1v) is 5.84. The summed E-state index contributed by atoms with van der Waals surface area (Å²) in [4.78, 5) is 7.01. The maximum Gasteiger partial charge on any atom is 0.391 e. The lowest BCUT2D eigenvalue weighted by Crippen LogP contribution is -2.36. The summed E-state index contributed by atoms with van der Waals surface area (Å²) in [7, 11) is 0. The van der Waals surface area contributed by atoms with Crippen molar-refractivity contribution in [2.75, 3.05) is 0 Å². The molecular formula is C11H16F3N3. The van der Waals surface area contributed by atoms with Crippen LogP contribution in [-0.2, 0) is 6.54 Å². The van der Waals surface area contributed by atoms with Gasteiger partial charge < -0.3 is 10.3 Å². The van der Waals surface area contributed by atoms with Gasteiger partial charge in [0.25, 0.3) is 0 Å². The molecule has 0 spiro atoms. The van der Waals surface area contributed by atoms with E-state index in [1.165, 1.54) is 0 Å². The molecule has 1 aliphatic carbocycles. The lowest BCUT2D eigenvalue weighted by atomic mass is 9.85. The third kappa shape index (κ3) is 3.46. The van der Waals surface area contributed by atoms with Crippen LogP contribution in [0.2, 0.25) is 0 Å². The van der Waals surface area contributed by atoms with Crippen molar-refractivity contribution in [3.63, 3.8) is 0 Å². The molecule has 0 unspecified atom stereocenters. The Morgan fingerprint density at radius 3 is 2.53 bits per heavy atom. The highest BCUT2D eigenvalue weighted by molar-refractivity contribution is 4.88. The number of aromatic amines is 1. The Morgan fingerprint density at radius 1 is 1.29 bits per heavy atom. The Bertz CT molecular complexity index is 326.